The van der Waals surface area contributed by atoms with Gasteiger partial charge in [-0.05, 0) is 49.1 Å². The van der Waals surface area contributed by atoms with E-state index >= 15 is 0 Å². The summed E-state index contributed by atoms with van der Waals surface area (Å²) in [5.41, 5.74) is 9.56. The van der Waals surface area contributed by atoms with Crippen molar-refractivity contribution in [3.8, 4) is 0 Å². The van der Waals surface area contributed by atoms with E-state index in [2.05, 4.69) is 24.4 Å². The summed E-state index contributed by atoms with van der Waals surface area (Å²) in [7, 11) is 0. The smallest absolute Gasteiger partial charge is 0.0326 e. The minimum absolute atomic E-state index is 0.562. The van der Waals surface area contributed by atoms with Crippen LogP contribution in [0.5, 0.6) is 0 Å². The van der Waals surface area contributed by atoms with Crippen molar-refractivity contribution >= 4 is 5.69 Å². The fourth-order valence-electron chi connectivity index (χ4n) is 2.30. The number of nitrogens with one attached hydrogen (secondary N) is 1. The van der Waals surface area contributed by atoms with E-state index in [9.17, 15) is 0 Å². The summed E-state index contributed by atoms with van der Waals surface area (Å²) in [6.07, 6.45) is 4.92. The molecule has 2 heteroatoms. The Morgan fingerprint density at radius 1 is 1.47 bits per heavy atom. The first-order chi connectivity index (χ1) is 7.31. The summed E-state index contributed by atoms with van der Waals surface area (Å²) in [4.78, 5) is 0. The van der Waals surface area contributed by atoms with Crippen LogP contribution in [0.2, 0.25) is 0 Å². The number of nitrogen functional groups attached to an aromatic ring is 1. The zero-order valence-electron chi connectivity index (χ0n) is 9.42. The Hall–Kier alpha value is -1.02. The van der Waals surface area contributed by atoms with Crippen LogP contribution < -0.4 is 11.1 Å². The van der Waals surface area contributed by atoms with Gasteiger partial charge in [-0.1, -0.05) is 19.4 Å². The molecule has 0 aliphatic heterocycles. The van der Waals surface area contributed by atoms with Crippen molar-refractivity contribution in [1.29, 1.82) is 0 Å². The highest BCUT2D eigenvalue weighted by Crippen LogP contribution is 2.32. The van der Waals surface area contributed by atoms with E-state index < -0.39 is 0 Å². The molecule has 0 radical (unpaired) electrons. The Labute approximate surface area is 91.9 Å². The number of hydrogen-bond acceptors (Lipinski definition) is 2. The summed E-state index contributed by atoms with van der Waals surface area (Å²) in [6, 6.07) is 6.88. The molecule has 0 amide bonds. The first-order valence-corrected chi connectivity index (χ1v) is 5.93. The van der Waals surface area contributed by atoms with Gasteiger partial charge in [0.25, 0.3) is 0 Å². The van der Waals surface area contributed by atoms with Gasteiger partial charge in [-0.15, -0.1) is 0 Å². The molecule has 2 nitrogen and oxygen atoms in total. The fourth-order valence-corrected chi connectivity index (χ4v) is 2.30. The molecule has 0 fully saturated rings. The second-order valence-electron chi connectivity index (χ2n) is 4.36. The molecule has 0 heterocycles. The molecule has 0 spiro atoms. The molecule has 82 valence electrons. The lowest BCUT2D eigenvalue weighted by molar-refractivity contribution is 0.518. The number of unbranched alkanes of at least 4 members (excludes halogenated alkanes) is 1. The minimum atomic E-state index is 0.562. The van der Waals surface area contributed by atoms with E-state index in [4.69, 9.17) is 5.73 Å². The highest BCUT2D eigenvalue weighted by Gasteiger charge is 2.21. The van der Waals surface area contributed by atoms with Crippen LogP contribution in [-0.2, 0) is 6.42 Å². The number of fused-ring (bicyclic) bond motifs is 1. The molecule has 2 rings (SSSR count). The maximum atomic E-state index is 5.78. The van der Waals surface area contributed by atoms with Crippen LogP contribution in [0, 0.1) is 0 Å². The lowest BCUT2D eigenvalue weighted by Crippen LogP contribution is -2.20. The van der Waals surface area contributed by atoms with Gasteiger partial charge in [0.15, 0.2) is 0 Å². The molecule has 0 bridgehead atoms. The van der Waals surface area contributed by atoms with Crippen molar-refractivity contribution in [2.24, 2.45) is 0 Å². The molecular weight excluding hydrogens is 184 g/mol. The van der Waals surface area contributed by atoms with Gasteiger partial charge in [-0.3, -0.25) is 0 Å². The van der Waals surface area contributed by atoms with E-state index in [1.807, 2.05) is 6.07 Å². The predicted octanol–water partition coefficient (Wildman–Crippen LogP) is 2.65. The third-order valence-corrected chi connectivity index (χ3v) is 3.17. The first-order valence-electron chi connectivity index (χ1n) is 5.93. The van der Waals surface area contributed by atoms with Crippen molar-refractivity contribution < 1.29 is 0 Å². The number of aryl methyl sites for hydroxylation is 1. The maximum Gasteiger partial charge on any atom is 0.0326 e. The van der Waals surface area contributed by atoms with Crippen LogP contribution in [0.25, 0.3) is 0 Å². The molecule has 1 aliphatic rings. The Kier molecular flexibility index (Phi) is 3.27. The lowest BCUT2D eigenvalue weighted by Gasteiger charge is -2.13. The van der Waals surface area contributed by atoms with E-state index in [1.165, 1.54) is 36.8 Å². The topological polar surface area (TPSA) is 38.0 Å². The number of anilines is 1. The molecular formula is C13H20N2. The monoisotopic (exact) mass is 204 g/mol. The quantitative estimate of drug-likeness (QED) is 0.584. The molecule has 1 aromatic rings. The van der Waals surface area contributed by atoms with Crippen molar-refractivity contribution in [3.05, 3.63) is 29.3 Å². The lowest BCUT2D eigenvalue weighted by atomic mass is 10.1. The van der Waals surface area contributed by atoms with Gasteiger partial charge < -0.3 is 11.1 Å². The summed E-state index contributed by atoms with van der Waals surface area (Å²) in [6.45, 7) is 3.36. The molecule has 0 saturated heterocycles. The highest BCUT2D eigenvalue weighted by atomic mass is 14.9. The van der Waals surface area contributed by atoms with E-state index in [-0.39, 0.29) is 0 Å². The Morgan fingerprint density at radius 3 is 3.13 bits per heavy atom. The van der Waals surface area contributed by atoms with Crippen molar-refractivity contribution in [2.75, 3.05) is 12.3 Å². The van der Waals surface area contributed by atoms with Gasteiger partial charge in [-0.2, -0.15) is 0 Å². The standard InChI is InChI=1S/C13H20N2/c1-2-3-8-15-13-7-4-10-9-11(14)5-6-12(10)13/h5-6,9,13,15H,2-4,7-8,14H2,1H3. The van der Waals surface area contributed by atoms with Crippen LogP contribution >= 0.6 is 0 Å². The maximum absolute atomic E-state index is 5.78. The van der Waals surface area contributed by atoms with Crippen LogP contribution in [0.4, 0.5) is 5.69 Å². The van der Waals surface area contributed by atoms with Gasteiger partial charge in [0.1, 0.15) is 0 Å². The molecule has 0 saturated carbocycles. The molecule has 1 unspecified atom stereocenters. The average Bonchev–Trinajstić information content (AvgIpc) is 2.61. The van der Waals surface area contributed by atoms with Crippen molar-refractivity contribution in [3.63, 3.8) is 0 Å². The summed E-state index contributed by atoms with van der Waals surface area (Å²) >= 11 is 0. The SMILES string of the molecule is CCCCNC1CCc2cc(N)ccc21. The van der Waals surface area contributed by atoms with Gasteiger partial charge in [0, 0.05) is 11.7 Å². The molecule has 3 N–H and O–H groups in total. The molecule has 15 heavy (non-hydrogen) atoms. The van der Waals surface area contributed by atoms with Crippen molar-refractivity contribution in [2.45, 2.75) is 38.6 Å². The largest absolute Gasteiger partial charge is 0.399 e. The Bertz CT molecular complexity index is 333. The Morgan fingerprint density at radius 2 is 2.33 bits per heavy atom. The molecule has 1 atom stereocenters. The van der Waals surface area contributed by atoms with Gasteiger partial charge in [0.2, 0.25) is 0 Å². The zero-order chi connectivity index (χ0) is 10.7. The normalized spacial score (nSPS) is 19.1. The zero-order valence-corrected chi connectivity index (χ0v) is 9.42. The average molecular weight is 204 g/mol. The molecule has 0 aromatic heterocycles. The van der Waals surface area contributed by atoms with E-state index in [1.54, 1.807) is 0 Å². The summed E-state index contributed by atoms with van der Waals surface area (Å²) < 4.78 is 0. The van der Waals surface area contributed by atoms with Crippen LogP contribution in [0.1, 0.15) is 43.4 Å². The summed E-state index contributed by atoms with van der Waals surface area (Å²) in [5.74, 6) is 0. The van der Waals surface area contributed by atoms with Gasteiger partial charge in [0.05, 0.1) is 0 Å². The molecule has 1 aromatic carbocycles. The van der Waals surface area contributed by atoms with E-state index in [0.717, 1.165) is 12.2 Å². The number of hydrogen-bond donors (Lipinski definition) is 2. The number of benzene rings is 1. The minimum Gasteiger partial charge on any atom is -0.399 e. The van der Waals surface area contributed by atoms with Gasteiger partial charge >= 0.3 is 0 Å². The molecule has 1 aliphatic carbocycles. The predicted molar refractivity (Wildman–Crippen MR) is 64.8 cm³/mol. The van der Waals surface area contributed by atoms with E-state index in [0.29, 0.717) is 6.04 Å². The third-order valence-electron chi connectivity index (χ3n) is 3.17. The number of rotatable bonds is 4. The third kappa shape index (κ3) is 2.32. The van der Waals surface area contributed by atoms with Crippen LogP contribution in [-0.4, -0.2) is 6.54 Å². The first kappa shape index (κ1) is 10.5. The van der Waals surface area contributed by atoms with Gasteiger partial charge in [-0.25, -0.2) is 0 Å². The highest BCUT2D eigenvalue weighted by molar-refractivity contribution is 5.47. The van der Waals surface area contributed by atoms with Crippen LogP contribution in [0.15, 0.2) is 18.2 Å². The fraction of sp³-hybridized carbons (Fsp3) is 0.538. The summed E-state index contributed by atoms with van der Waals surface area (Å²) in [5, 5.41) is 3.62. The number of nitrogens with two attached hydrogens (primary N) is 1. The van der Waals surface area contributed by atoms with Crippen LogP contribution in [0.3, 0.4) is 0 Å². The second-order valence-corrected chi connectivity index (χ2v) is 4.36. The van der Waals surface area contributed by atoms with Crippen molar-refractivity contribution in [1.82, 2.24) is 5.32 Å². The Balaban J connectivity index is 2.02. The second kappa shape index (κ2) is 4.67.